The average Bonchev–Trinajstić information content (AvgIpc) is 3.48. The van der Waals surface area contributed by atoms with E-state index < -0.39 is 0 Å². The molecule has 1 aromatic carbocycles. The summed E-state index contributed by atoms with van der Waals surface area (Å²) in [6.07, 6.45) is 4.61. The zero-order chi connectivity index (χ0) is 22.8. The van der Waals surface area contributed by atoms with E-state index in [2.05, 4.69) is 28.0 Å². The summed E-state index contributed by atoms with van der Waals surface area (Å²) in [6.45, 7) is 5.37. The first kappa shape index (κ1) is 21.1. The maximum atomic E-state index is 12.2. The van der Waals surface area contributed by atoms with Gasteiger partial charge in [-0.2, -0.15) is 5.10 Å². The van der Waals surface area contributed by atoms with Gasteiger partial charge in [-0.25, -0.2) is 14.6 Å². The second-order valence-corrected chi connectivity index (χ2v) is 8.93. The Morgan fingerprint density at radius 1 is 1.30 bits per heavy atom. The standard InChI is InChI=1S/C24H24N6O2S/c1-2-20(31)29-10-6-7-17(12-29)30-24-21(23(25)26-15-27-24)22(28-30)16-11-19(33-14-16)13-32-18-8-4-3-5-9-18/h2-5,8-9,11,14-15,17H,1,6-7,10,12-13H2,(H2,25,26,27)/t17-/m1/s1. The normalized spacial score (nSPS) is 16.1. The number of carbonyl (C=O) groups is 1. The first-order chi connectivity index (χ1) is 16.1. The lowest BCUT2D eigenvalue weighted by Gasteiger charge is -2.32. The number of fused-ring (bicyclic) bond motifs is 1. The second kappa shape index (κ2) is 9.03. The number of nitrogens with zero attached hydrogens (tertiary/aromatic N) is 5. The Balaban J connectivity index is 1.46. The van der Waals surface area contributed by atoms with Gasteiger partial charge in [-0.1, -0.05) is 24.8 Å². The number of aromatic nitrogens is 4. The minimum atomic E-state index is -0.0635. The third-order valence-electron chi connectivity index (χ3n) is 5.80. The van der Waals surface area contributed by atoms with Gasteiger partial charge >= 0.3 is 0 Å². The molecular formula is C24H24N6O2S. The van der Waals surface area contributed by atoms with Gasteiger partial charge in [0.1, 0.15) is 30.2 Å². The summed E-state index contributed by atoms with van der Waals surface area (Å²) in [5.74, 6) is 1.16. The average molecular weight is 461 g/mol. The summed E-state index contributed by atoms with van der Waals surface area (Å²) in [4.78, 5) is 23.8. The molecule has 2 N–H and O–H groups in total. The third kappa shape index (κ3) is 4.19. The van der Waals surface area contributed by atoms with Crippen LogP contribution in [0.25, 0.3) is 22.3 Å². The van der Waals surface area contributed by atoms with Crippen molar-refractivity contribution in [2.45, 2.75) is 25.5 Å². The van der Waals surface area contributed by atoms with Gasteiger partial charge in [-0.15, -0.1) is 11.3 Å². The van der Waals surface area contributed by atoms with E-state index in [-0.39, 0.29) is 11.9 Å². The van der Waals surface area contributed by atoms with Crippen LogP contribution in [0.5, 0.6) is 5.75 Å². The molecule has 0 aliphatic carbocycles. The van der Waals surface area contributed by atoms with Gasteiger partial charge in [0.2, 0.25) is 5.91 Å². The van der Waals surface area contributed by atoms with Crippen LogP contribution in [0.1, 0.15) is 23.8 Å². The van der Waals surface area contributed by atoms with E-state index in [1.165, 1.54) is 12.4 Å². The molecule has 0 saturated carbocycles. The fourth-order valence-electron chi connectivity index (χ4n) is 4.19. The molecule has 0 unspecified atom stereocenters. The Kier molecular flexibility index (Phi) is 5.78. The van der Waals surface area contributed by atoms with Crippen molar-refractivity contribution in [1.29, 1.82) is 0 Å². The van der Waals surface area contributed by atoms with Gasteiger partial charge in [0, 0.05) is 28.9 Å². The number of nitrogen functional groups attached to an aromatic ring is 1. The summed E-state index contributed by atoms with van der Waals surface area (Å²) < 4.78 is 7.79. The number of hydrogen-bond donors (Lipinski definition) is 1. The molecule has 3 aromatic heterocycles. The van der Waals surface area contributed by atoms with E-state index in [1.54, 1.807) is 11.3 Å². The van der Waals surface area contributed by atoms with Crippen molar-refractivity contribution in [2.24, 2.45) is 0 Å². The number of carbonyl (C=O) groups excluding carboxylic acids is 1. The van der Waals surface area contributed by atoms with E-state index in [0.29, 0.717) is 24.6 Å². The number of hydrogen-bond acceptors (Lipinski definition) is 7. The molecule has 1 saturated heterocycles. The van der Waals surface area contributed by atoms with Gasteiger partial charge in [-0.05, 0) is 37.1 Å². The molecule has 0 radical (unpaired) electrons. The van der Waals surface area contributed by atoms with Crippen molar-refractivity contribution in [3.8, 4) is 17.0 Å². The van der Waals surface area contributed by atoms with Gasteiger partial charge in [0.15, 0.2) is 5.65 Å². The van der Waals surface area contributed by atoms with Crippen LogP contribution in [0, 0.1) is 0 Å². The summed E-state index contributed by atoms with van der Waals surface area (Å²) in [6, 6.07) is 11.8. The summed E-state index contributed by atoms with van der Waals surface area (Å²) in [5, 5.41) is 7.72. The fraction of sp³-hybridized carbons (Fsp3) is 0.250. The first-order valence-corrected chi connectivity index (χ1v) is 11.7. The lowest BCUT2D eigenvalue weighted by Crippen LogP contribution is -2.40. The maximum Gasteiger partial charge on any atom is 0.246 e. The van der Waals surface area contributed by atoms with E-state index in [9.17, 15) is 4.79 Å². The Morgan fingerprint density at radius 3 is 2.97 bits per heavy atom. The monoisotopic (exact) mass is 460 g/mol. The summed E-state index contributed by atoms with van der Waals surface area (Å²) >= 11 is 1.61. The molecule has 33 heavy (non-hydrogen) atoms. The van der Waals surface area contributed by atoms with Crippen LogP contribution < -0.4 is 10.5 Å². The number of thiophene rings is 1. The lowest BCUT2D eigenvalue weighted by atomic mass is 10.1. The van der Waals surface area contributed by atoms with Crippen molar-refractivity contribution in [3.63, 3.8) is 0 Å². The number of piperidine rings is 1. The molecule has 1 aliphatic rings. The minimum Gasteiger partial charge on any atom is -0.488 e. The molecular weight excluding hydrogens is 436 g/mol. The molecule has 9 heteroatoms. The maximum absolute atomic E-state index is 12.2. The van der Waals surface area contributed by atoms with E-state index in [0.717, 1.165) is 46.7 Å². The Bertz CT molecular complexity index is 1300. The first-order valence-electron chi connectivity index (χ1n) is 10.8. The molecule has 8 nitrogen and oxygen atoms in total. The highest BCUT2D eigenvalue weighted by Crippen LogP contribution is 2.35. The Hall–Kier alpha value is -3.72. The molecule has 1 fully saturated rings. The number of para-hydroxylation sites is 1. The van der Waals surface area contributed by atoms with Crippen LogP contribution in [0.3, 0.4) is 0 Å². The molecule has 0 spiro atoms. The van der Waals surface area contributed by atoms with Crippen LogP contribution >= 0.6 is 11.3 Å². The highest BCUT2D eigenvalue weighted by molar-refractivity contribution is 7.10. The highest BCUT2D eigenvalue weighted by atomic mass is 32.1. The van der Waals surface area contributed by atoms with Crippen molar-refractivity contribution < 1.29 is 9.53 Å². The molecule has 5 rings (SSSR count). The second-order valence-electron chi connectivity index (χ2n) is 7.94. The quantitative estimate of drug-likeness (QED) is 0.436. The van der Waals surface area contributed by atoms with Crippen molar-refractivity contribution in [1.82, 2.24) is 24.6 Å². The van der Waals surface area contributed by atoms with Crippen LogP contribution in [-0.4, -0.2) is 43.6 Å². The zero-order valence-electron chi connectivity index (χ0n) is 18.1. The fourth-order valence-corrected chi connectivity index (χ4v) is 4.97. The number of amides is 1. The number of likely N-dealkylation sites (tertiary alicyclic amines) is 1. The van der Waals surface area contributed by atoms with Crippen molar-refractivity contribution >= 4 is 34.1 Å². The number of ether oxygens (including phenoxy) is 1. The van der Waals surface area contributed by atoms with E-state index in [4.69, 9.17) is 15.6 Å². The van der Waals surface area contributed by atoms with Gasteiger partial charge in [0.25, 0.3) is 0 Å². The highest BCUT2D eigenvalue weighted by Gasteiger charge is 2.28. The van der Waals surface area contributed by atoms with Gasteiger partial charge in [-0.3, -0.25) is 4.79 Å². The van der Waals surface area contributed by atoms with Crippen LogP contribution in [0.4, 0.5) is 5.82 Å². The Morgan fingerprint density at radius 2 is 2.15 bits per heavy atom. The number of anilines is 1. The SMILES string of the molecule is C=CC(=O)N1CCC[C@@H](n2nc(-c3csc(COc4ccccc4)c3)c3c(N)ncnc32)C1. The molecule has 168 valence electrons. The van der Waals surface area contributed by atoms with Crippen LogP contribution in [0.15, 0.2) is 60.8 Å². The number of benzene rings is 1. The van der Waals surface area contributed by atoms with Crippen LogP contribution in [-0.2, 0) is 11.4 Å². The van der Waals surface area contributed by atoms with E-state index in [1.807, 2.05) is 39.9 Å². The van der Waals surface area contributed by atoms with Gasteiger partial charge < -0.3 is 15.4 Å². The minimum absolute atomic E-state index is 0.00715. The molecule has 0 bridgehead atoms. The van der Waals surface area contributed by atoms with Gasteiger partial charge in [0.05, 0.1) is 11.4 Å². The predicted octanol–water partition coefficient (Wildman–Crippen LogP) is 4.07. The predicted molar refractivity (Wildman–Crippen MR) is 129 cm³/mol. The third-order valence-corrected chi connectivity index (χ3v) is 6.71. The molecule has 1 atom stereocenters. The topological polar surface area (TPSA) is 99.2 Å². The van der Waals surface area contributed by atoms with E-state index >= 15 is 0 Å². The van der Waals surface area contributed by atoms with Crippen molar-refractivity contribution in [3.05, 3.63) is 65.6 Å². The largest absolute Gasteiger partial charge is 0.488 e. The lowest BCUT2D eigenvalue weighted by molar-refractivity contribution is -0.127. The summed E-state index contributed by atoms with van der Waals surface area (Å²) in [5.41, 5.74) is 8.65. The molecule has 4 heterocycles. The smallest absolute Gasteiger partial charge is 0.246 e. The Labute approximate surface area is 195 Å². The number of rotatable bonds is 6. The van der Waals surface area contributed by atoms with Crippen LogP contribution in [0.2, 0.25) is 0 Å². The zero-order valence-corrected chi connectivity index (χ0v) is 18.9. The summed E-state index contributed by atoms with van der Waals surface area (Å²) in [7, 11) is 0. The molecule has 4 aromatic rings. The number of nitrogens with two attached hydrogens (primary N) is 1. The molecule has 1 aliphatic heterocycles. The molecule has 1 amide bonds. The van der Waals surface area contributed by atoms with Crippen molar-refractivity contribution in [2.75, 3.05) is 18.8 Å².